The van der Waals surface area contributed by atoms with Gasteiger partial charge in [-0.2, -0.15) is 0 Å². The van der Waals surface area contributed by atoms with E-state index in [2.05, 4.69) is 29.9 Å². The van der Waals surface area contributed by atoms with Gasteiger partial charge in [0.25, 0.3) is 0 Å². The molecule has 3 rings (SSSR count). The van der Waals surface area contributed by atoms with Crippen molar-refractivity contribution in [2.75, 3.05) is 12.3 Å². The summed E-state index contributed by atoms with van der Waals surface area (Å²) >= 11 is 1.88. The normalized spacial score (nSPS) is 26.1. The molecule has 2 aliphatic rings. The quantitative estimate of drug-likeness (QED) is 0.811. The van der Waals surface area contributed by atoms with E-state index in [9.17, 15) is 0 Å². The van der Waals surface area contributed by atoms with E-state index in [0.717, 1.165) is 30.8 Å². The van der Waals surface area contributed by atoms with E-state index in [1.54, 1.807) is 0 Å². The first kappa shape index (κ1) is 16.4. The van der Waals surface area contributed by atoms with Crippen LogP contribution in [0.5, 0.6) is 0 Å². The molecule has 1 aromatic heterocycles. The van der Waals surface area contributed by atoms with Crippen LogP contribution >= 0.6 is 11.8 Å². The SMILES string of the molecule is CCC(C)CC1CCCC(CNCc2cn3c(n2)SCC3)C1. The summed E-state index contributed by atoms with van der Waals surface area (Å²) in [6.07, 6.45) is 10.8. The fourth-order valence-corrected chi connectivity index (χ4v) is 4.95. The molecule has 0 saturated heterocycles. The molecule has 22 heavy (non-hydrogen) atoms. The molecule has 3 nitrogen and oxygen atoms in total. The lowest BCUT2D eigenvalue weighted by Crippen LogP contribution is -2.27. The van der Waals surface area contributed by atoms with Crippen LogP contribution in [-0.4, -0.2) is 21.8 Å². The fraction of sp³-hybridized carbons (Fsp3) is 0.833. The van der Waals surface area contributed by atoms with Crippen LogP contribution in [0.25, 0.3) is 0 Å². The number of aromatic nitrogens is 2. The second-order valence-electron chi connectivity index (χ2n) is 7.34. The van der Waals surface area contributed by atoms with Crippen molar-refractivity contribution in [3.05, 3.63) is 11.9 Å². The molecule has 4 heteroatoms. The van der Waals surface area contributed by atoms with E-state index in [-0.39, 0.29) is 0 Å². The number of thioether (sulfide) groups is 1. The molecule has 3 unspecified atom stereocenters. The molecule has 0 amide bonds. The predicted molar refractivity (Wildman–Crippen MR) is 94.2 cm³/mol. The van der Waals surface area contributed by atoms with Crippen molar-refractivity contribution < 1.29 is 0 Å². The molecule has 1 aliphatic heterocycles. The number of rotatable bonds is 7. The van der Waals surface area contributed by atoms with E-state index in [1.807, 2.05) is 11.8 Å². The van der Waals surface area contributed by atoms with Gasteiger partial charge in [0.2, 0.25) is 0 Å². The Labute approximate surface area is 139 Å². The number of nitrogens with zero attached hydrogens (tertiary/aromatic N) is 2. The Hall–Kier alpha value is -0.480. The zero-order valence-electron chi connectivity index (χ0n) is 14.2. The molecule has 0 aromatic carbocycles. The van der Waals surface area contributed by atoms with E-state index in [0.29, 0.717) is 0 Å². The zero-order chi connectivity index (χ0) is 15.4. The van der Waals surface area contributed by atoms with Crippen LogP contribution in [0.2, 0.25) is 0 Å². The summed E-state index contributed by atoms with van der Waals surface area (Å²) in [7, 11) is 0. The van der Waals surface area contributed by atoms with Gasteiger partial charge < -0.3 is 9.88 Å². The lowest BCUT2D eigenvalue weighted by molar-refractivity contribution is 0.225. The van der Waals surface area contributed by atoms with Crippen molar-refractivity contribution in [1.82, 2.24) is 14.9 Å². The van der Waals surface area contributed by atoms with Crippen LogP contribution in [0.4, 0.5) is 0 Å². The van der Waals surface area contributed by atoms with Gasteiger partial charge in [-0.3, -0.25) is 0 Å². The van der Waals surface area contributed by atoms with Gasteiger partial charge in [-0.1, -0.05) is 44.9 Å². The zero-order valence-corrected chi connectivity index (χ0v) is 15.0. The molecule has 0 spiro atoms. The van der Waals surface area contributed by atoms with Crippen molar-refractivity contribution in [2.45, 2.75) is 70.6 Å². The largest absolute Gasteiger partial charge is 0.325 e. The standard InChI is InChI=1S/C18H31N3S/c1-3-14(2)9-15-5-4-6-16(10-15)11-19-12-17-13-21-7-8-22-18(21)20-17/h13-16,19H,3-12H2,1-2H3. The van der Waals surface area contributed by atoms with Crippen LogP contribution < -0.4 is 5.32 Å². The van der Waals surface area contributed by atoms with Crippen LogP contribution in [-0.2, 0) is 13.1 Å². The summed E-state index contributed by atoms with van der Waals surface area (Å²) in [5.41, 5.74) is 1.22. The van der Waals surface area contributed by atoms with E-state index in [1.165, 1.54) is 61.7 Å². The first-order chi connectivity index (χ1) is 10.7. The van der Waals surface area contributed by atoms with Crippen molar-refractivity contribution in [1.29, 1.82) is 0 Å². The molecule has 1 aliphatic carbocycles. The average molecular weight is 322 g/mol. The smallest absolute Gasteiger partial charge is 0.168 e. The van der Waals surface area contributed by atoms with Gasteiger partial charge in [0.05, 0.1) is 5.69 Å². The monoisotopic (exact) mass is 321 g/mol. The topological polar surface area (TPSA) is 29.9 Å². The minimum absolute atomic E-state index is 0.881. The highest BCUT2D eigenvalue weighted by Gasteiger charge is 2.23. The van der Waals surface area contributed by atoms with Gasteiger partial charge in [0, 0.05) is 25.0 Å². The van der Waals surface area contributed by atoms with E-state index >= 15 is 0 Å². The van der Waals surface area contributed by atoms with Crippen molar-refractivity contribution in [3.63, 3.8) is 0 Å². The molecule has 1 N–H and O–H groups in total. The van der Waals surface area contributed by atoms with Crippen LogP contribution in [0.15, 0.2) is 11.4 Å². The summed E-state index contributed by atoms with van der Waals surface area (Å²) in [5, 5.41) is 4.87. The summed E-state index contributed by atoms with van der Waals surface area (Å²) in [4.78, 5) is 4.70. The van der Waals surface area contributed by atoms with Gasteiger partial charge in [-0.25, -0.2) is 4.98 Å². The molecule has 3 atom stereocenters. The Morgan fingerprint density at radius 3 is 3.09 bits per heavy atom. The maximum Gasteiger partial charge on any atom is 0.168 e. The average Bonchev–Trinajstić information content (AvgIpc) is 3.09. The molecule has 1 fully saturated rings. The Bertz CT molecular complexity index is 449. The lowest BCUT2D eigenvalue weighted by atomic mass is 9.77. The Balaban J connectivity index is 1.39. The lowest BCUT2D eigenvalue weighted by Gasteiger charge is -2.30. The molecule has 124 valence electrons. The minimum atomic E-state index is 0.881. The highest BCUT2D eigenvalue weighted by Crippen LogP contribution is 2.33. The molecule has 0 bridgehead atoms. The van der Waals surface area contributed by atoms with Gasteiger partial charge in [0.15, 0.2) is 5.16 Å². The molecule has 1 saturated carbocycles. The minimum Gasteiger partial charge on any atom is -0.325 e. The Kier molecular flexibility index (Phi) is 5.86. The number of hydrogen-bond donors (Lipinski definition) is 1. The third-order valence-electron chi connectivity index (χ3n) is 5.42. The first-order valence-corrected chi connectivity index (χ1v) is 10.1. The van der Waals surface area contributed by atoms with Crippen LogP contribution in [0.3, 0.4) is 0 Å². The first-order valence-electron chi connectivity index (χ1n) is 9.14. The highest BCUT2D eigenvalue weighted by atomic mass is 32.2. The summed E-state index contributed by atoms with van der Waals surface area (Å²) < 4.78 is 2.30. The molecule has 1 aromatic rings. The summed E-state index contributed by atoms with van der Waals surface area (Å²) in [6.45, 7) is 7.98. The van der Waals surface area contributed by atoms with Gasteiger partial charge >= 0.3 is 0 Å². The van der Waals surface area contributed by atoms with Gasteiger partial charge in [0.1, 0.15) is 0 Å². The molecule has 0 radical (unpaired) electrons. The van der Waals surface area contributed by atoms with Gasteiger partial charge in [-0.15, -0.1) is 0 Å². The van der Waals surface area contributed by atoms with E-state index in [4.69, 9.17) is 4.98 Å². The van der Waals surface area contributed by atoms with E-state index < -0.39 is 0 Å². The molecular formula is C18H31N3S. The van der Waals surface area contributed by atoms with Crippen LogP contribution in [0.1, 0.15) is 58.1 Å². The second kappa shape index (κ2) is 7.87. The van der Waals surface area contributed by atoms with Crippen LogP contribution in [0, 0.1) is 17.8 Å². The second-order valence-corrected chi connectivity index (χ2v) is 8.40. The molecule has 2 heterocycles. The third-order valence-corrected chi connectivity index (χ3v) is 6.39. The number of hydrogen-bond acceptors (Lipinski definition) is 3. The van der Waals surface area contributed by atoms with Crippen molar-refractivity contribution in [3.8, 4) is 0 Å². The number of imidazole rings is 1. The Morgan fingerprint density at radius 2 is 2.27 bits per heavy atom. The number of fused-ring (bicyclic) bond motifs is 1. The van der Waals surface area contributed by atoms with Crippen molar-refractivity contribution >= 4 is 11.8 Å². The van der Waals surface area contributed by atoms with Crippen molar-refractivity contribution in [2.24, 2.45) is 17.8 Å². The molecular weight excluding hydrogens is 290 g/mol. The number of aryl methyl sites for hydroxylation is 1. The maximum atomic E-state index is 4.70. The summed E-state index contributed by atoms with van der Waals surface area (Å²) in [6, 6.07) is 0. The Morgan fingerprint density at radius 1 is 1.41 bits per heavy atom. The summed E-state index contributed by atoms with van der Waals surface area (Å²) in [5.74, 6) is 3.95. The van der Waals surface area contributed by atoms with Gasteiger partial charge in [-0.05, 0) is 43.6 Å². The fourth-order valence-electron chi connectivity index (χ4n) is 3.99. The third kappa shape index (κ3) is 4.29. The predicted octanol–water partition coefficient (Wildman–Crippen LogP) is 4.32. The number of nitrogens with one attached hydrogen (secondary N) is 1. The maximum absolute atomic E-state index is 4.70. The highest BCUT2D eigenvalue weighted by molar-refractivity contribution is 7.99.